The Bertz CT molecular complexity index is 805. The van der Waals surface area contributed by atoms with E-state index < -0.39 is 0 Å². The zero-order chi connectivity index (χ0) is 18.6. The summed E-state index contributed by atoms with van der Waals surface area (Å²) in [5.41, 5.74) is 8.44. The minimum atomic E-state index is -0.307. The fraction of sp³-hybridized carbons (Fsp3) is 0.300. The Morgan fingerprint density at radius 2 is 1.92 bits per heavy atom. The van der Waals surface area contributed by atoms with E-state index >= 15 is 0 Å². The van der Waals surface area contributed by atoms with E-state index in [-0.39, 0.29) is 11.4 Å². The van der Waals surface area contributed by atoms with E-state index in [0.717, 1.165) is 29.7 Å². The molecule has 26 heavy (non-hydrogen) atoms. The van der Waals surface area contributed by atoms with Crippen LogP contribution in [0.3, 0.4) is 0 Å². The van der Waals surface area contributed by atoms with Crippen molar-refractivity contribution in [1.82, 2.24) is 5.32 Å². The second-order valence-corrected chi connectivity index (χ2v) is 8.08. The molecule has 2 aromatic carbocycles. The van der Waals surface area contributed by atoms with Crippen molar-refractivity contribution in [3.05, 3.63) is 70.2 Å². The number of rotatable bonds is 5. The number of hydrogen-bond donors (Lipinski definition) is 2. The first-order valence-electron chi connectivity index (χ1n) is 8.58. The van der Waals surface area contributed by atoms with Crippen molar-refractivity contribution in [2.75, 3.05) is 12.3 Å². The predicted octanol–water partition coefficient (Wildman–Crippen LogP) is 3.98. The van der Waals surface area contributed by atoms with Crippen molar-refractivity contribution in [3.63, 3.8) is 0 Å². The maximum absolute atomic E-state index is 12.3. The predicted molar refractivity (Wildman–Crippen MR) is 110 cm³/mol. The zero-order valence-electron chi connectivity index (χ0n) is 14.7. The topological polar surface area (TPSA) is 67.5 Å². The van der Waals surface area contributed by atoms with Crippen LogP contribution in [-0.2, 0) is 12.0 Å². The van der Waals surface area contributed by atoms with E-state index in [4.69, 9.17) is 17.3 Å². The molecule has 1 unspecified atom stereocenters. The number of thioether (sulfide) groups is 1. The SMILES string of the molecule is CC1(c2ccc(C(=O)NCCc3ccc(Cl)cc3)cc2)CCSC(N)=N1. The van der Waals surface area contributed by atoms with Crippen LogP contribution in [-0.4, -0.2) is 23.4 Å². The average molecular weight is 388 g/mol. The number of hydrogen-bond acceptors (Lipinski definition) is 4. The van der Waals surface area contributed by atoms with Gasteiger partial charge in [0.25, 0.3) is 5.91 Å². The van der Waals surface area contributed by atoms with Gasteiger partial charge in [0.2, 0.25) is 0 Å². The van der Waals surface area contributed by atoms with Gasteiger partial charge in [0.05, 0.1) is 5.54 Å². The van der Waals surface area contributed by atoms with Crippen molar-refractivity contribution in [2.45, 2.75) is 25.3 Å². The summed E-state index contributed by atoms with van der Waals surface area (Å²) in [5.74, 6) is 0.886. The van der Waals surface area contributed by atoms with Crippen LogP contribution in [0, 0.1) is 0 Å². The third-order valence-electron chi connectivity index (χ3n) is 4.58. The number of carbonyl (C=O) groups is 1. The molecular weight excluding hydrogens is 366 g/mol. The van der Waals surface area contributed by atoms with Crippen LogP contribution in [0.15, 0.2) is 53.5 Å². The van der Waals surface area contributed by atoms with Crippen molar-refractivity contribution >= 4 is 34.4 Å². The lowest BCUT2D eigenvalue weighted by molar-refractivity contribution is 0.0954. The number of halogens is 1. The van der Waals surface area contributed by atoms with Gasteiger partial charge in [-0.15, -0.1) is 0 Å². The molecule has 0 saturated heterocycles. The van der Waals surface area contributed by atoms with E-state index in [1.807, 2.05) is 48.5 Å². The Balaban J connectivity index is 1.58. The number of carbonyl (C=O) groups excluding carboxylic acids is 1. The largest absolute Gasteiger partial charge is 0.379 e. The second kappa shape index (κ2) is 8.14. The Kier molecular flexibility index (Phi) is 5.89. The van der Waals surface area contributed by atoms with Gasteiger partial charge in [-0.2, -0.15) is 0 Å². The number of nitrogens with zero attached hydrogens (tertiary/aromatic N) is 1. The highest BCUT2D eigenvalue weighted by Crippen LogP contribution is 2.34. The first-order chi connectivity index (χ1) is 12.5. The Morgan fingerprint density at radius 3 is 2.58 bits per heavy atom. The maximum Gasteiger partial charge on any atom is 0.251 e. The van der Waals surface area contributed by atoms with Gasteiger partial charge in [0.15, 0.2) is 5.17 Å². The molecule has 0 aliphatic carbocycles. The Labute approximate surface area is 163 Å². The third kappa shape index (κ3) is 4.59. The summed E-state index contributed by atoms with van der Waals surface area (Å²) in [6, 6.07) is 15.3. The highest BCUT2D eigenvalue weighted by molar-refractivity contribution is 8.13. The van der Waals surface area contributed by atoms with Crippen molar-refractivity contribution < 1.29 is 4.79 Å². The molecule has 6 heteroatoms. The monoisotopic (exact) mass is 387 g/mol. The molecule has 1 atom stereocenters. The molecule has 0 spiro atoms. The van der Waals surface area contributed by atoms with E-state index in [9.17, 15) is 4.79 Å². The summed E-state index contributed by atoms with van der Waals surface area (Å²) < 4.78 is 0. The summed E-state index contributed by atoms with van der Waals surface area (Å²) in [7, 11) is 0. The lowest BCUT2D eigenvalue weighted by Crippen LogP contribution is -2.29. The molecule has 1 amide bonds. The second-order valence-electron chi connectivity index (χ2n) is 6.53. The fourth-order valence-electron chi connectivity index (χ4n) is 2.95. The van der Waals surface area contributed by atoms with Gasteiger partial charge < -0.3 is 11.1 Å². The van der Waals surface area contributed by atoms with Crippen LogP contribution >= 0.6 is 23.4 Å². The molecule has 2 aromatic rings. The zero-order valence-corrected chi connectivity index (χ0v) is 16.2. The molecule has 3 N–H and O–H groups in total. The van der Waals surface area contributed by atoms with Gasteiger partial charge in [-0.1, -0.05) is 47.6 Å². The number of aliphatic imine (C=N–C) groups is 1. The molecule has 0 bridgehead atoms. The van der Waals surface area contributed by atoms with Gasteiger partial charge in [0.1, 0.15) is 0 Å². The molecule has 136 valence electrons. The molecule has 0 saturated carbocycles. The van der Waals surface area contributed by atoms with Crippen LogP contribution in [0.4, 0.5) is 0 Å². The molecule has 1 heterocycles. The molecule has 0 radical (unpaired) electrons. The van der Waals surface area contributed by atoms with E-state index in [1.54, 1.807) is 11.8 Å². The van der Waals surface area contributed by atoms with Crippen molar-refractivity contribution in [1.29, 1.82) is 0 Å². The van der Waals surface area contributed by atoms with Crippen molar-refractivity contribution in [2.24, 2.45) is 10.7 Å². The standard InChI is InChI=1S/C20H22ClN3OS/c1-20(11-13-26-19(22)24-20)16-6-4-15(5-7-16)18(25)23-12-10-14-2-8-17(21)9-3-14/h2-9H,10-13H2,1H3,(H2,22,24)(H,23,25). The van der Waals surface area contributed by atoms with Crippen LogP contribution < -0.4 is 11.1 Å². The number of benzene rings is 2. The first-order valence-corrected chi connectivity index (χ1v) is 9.94. The van der Waals surface area contributed by atoms with Gasteiger partial charge >= 0.3 is 0 Å². The molecule has 0 aromatic heterocycles. The minimum absolute atomic E-state index is 0.0714. The minimum Gasteiger partial charge on any atom is -0.379 e. The molecule has 1 aliphatic heterocycles. The summed E-state index contributed by atoms with van der Waals surface area (Å²) in [5, 5.41) is 4.30. The van der Waals surface area contributed by atoms with E-state index in [2.05, 4.69) is 17.2 Å². The van der Waals surface area contributed by atoms with Gasteiger partial charge in [-0.25, -0.2) is 0 Å². The molecular formula is C20H22ClN3OS. The highest BCUT2D eigenvalue weighted by Gasteiger charge is 2.29. The van der Waals surface area contributed by atoms with Gasteiger partial charge in [0, 0.05) is 22.9 Å². The number of amidine groups is 1. The summed E-state index contributed by atoms with van der Waals surface area (Å²) in [4.78, 5) is 16.9. The Hall–Kier alpha value is -1.98. The van der Waals surface area contributed by atoms with Crippen LogP contribution in [0.1, 0.15) is 34.8 Å². The maximum atomic E-state index is 12.3. The molecule has 3 rings (SSSR count). The van der Waals surface area contributed by atoms with Crippen LogP contribution in [0.25, 0.3) is 0 Å². The number of amides is 1. The summed E-state index contributed by atoms with van der Waals surface area (Å²) >= 11 is 7.46. The summed E-state index contributed by atoms with van der Waals surface area (Å²) in [6.07, 6.45) is 1.70. The molecule has 0 fully saturated rings. The Morgan fingerprint density at radius 1 is 1.23 bits per heavy atom. The average Bonchev–Trinajstić information content (AvgIpc) is 2.63. The van der Waals surface area contributed by atoms with Crippen molar-refractivity contribution in [3.8, 4) is 0 Å². The first kappa shape index (κ1) is 18.8. The summed E-state index contributed by atoms with van der Waals surface area (Å²) in [6.45, 7) is 2.67. The van der Waals surface area contributed by atoms with Crippen LogP contribution in [0.5, 0.6) is 0 Å². The van der Waals surface area contributed by atoms with E-state index in [0.29, 0.717) is 22.3 Å². The lowest BCUT2D eigenvalue weighted by atomic mass is 9.89. The third-order valence-corrected chi connectivity index (χ3v) is 5.62. The quantitative estimate of drug-likeness (QED) is 0.815. The molecule has 4 nitrogen and oxygen atoms in total. The number of nitrogens with two attached hydrogens (primary N) is 1. The lowest BCUT2D eigenvalue weighted by Gasteiger charge is -2.29. The van der Waals surface area contributed by atoms with E-state index in [1.165, 1.54) is 0 Å². The van der Waals surface area contributed by atoms with Crippen LogP contribution in [0.2, 0.25) is 5.02 Å². The van der Waals surface area contributed by atoms with Gasteiger partial charge in [-0.3, -0.25) is 9.79 Å². The fourth-order valence-corrected chi connectivity index (χ4v) is 4.05. The smallest absolute Gasteiger partial charge is 0.251 e. The van der Waals surface area contributed by atoms with Gasteiger partial charge in [-0.05, 0) is 55.2 Å². The highest BCUT2D eigenvalue weighted by atomic mass is 35.5. The molecule has 1 aliphatic rings. The normalized spacial score (nSPS) is 19.7. The number of nitrogens with one attached hydrogen (secondary N) is 1.